The number of hydrogen-bond acceptors (Lipinski definition) is 2. The lowest BCUT2D eigenvalue weighted by atomic mass is 9.99. The van der Waals surface area contributed by atoms with Gasteiger partial charge in [0, 0.05) is 6.54 Å². The summed E-state index contributed by atoms with van der Waals surface area (Å²) in [5, 5.41) is 3.40. The zero-order chi connectivity index (χ0) is 13.8. The molecule has 0 unspecified atom stereocenters. The Morgan fingerprint density at radius 3 is 2.75 bits per heavy atom. The molecule has 1 fully saturated rings. The van der Waals surface area contributed by atoms with Crippen LogP contribution in [0, 0.1) is 0 Å². The van der Waals surface area contributed by atoms with Gasteiger partial charge in [0.1, 0.15) is 5.75 Å². The maximum absolute atomic E-state index is 5.89. The van der Waals surface area contributed by atoms with Gasteiger partial charge in [-0.05, 0) is 48.2 Å². The molecule has 1 saturated carbocycles. The van der Waals surface area contributed by atoms with E-state index in [1.807, 2.05) is 0 Å². The molecule has 0 radical (unpaired) electrons. The van der Waals surface area contributed by atoms with Crippen LogP contribution in [0.5, 0.6) is 5.75 Å². The van der Waals surface area contributed by atoms with Crippen LogP contribution >= 0.6 is 0 Å². The molecule has 0 spiro atoms. The predicted molar refractivity (Wildman–Crippen MR) is 82.9 cm³/mol. The molecule has 2 nitrogen and oxygen atoms in total. The molecule has 1 aliphatic rings. The van der Waals surface area contributed by atoms with Gasteiger partial charge in [-0.15, -0.1) is 0 Å². The molecule has 2 aromatic rings. The average Bonchev–Trinajstić information content (AvgIpc) is 3.30. The molecule has 1 aliphatic carbocycles. The normalized spacial score (nSPS) is 14.2. The molecular formula is C18H21NO. The monoisotopic (exact) mass is 267 g/mol. The molecule has 0 atom stereocenters. The van der Waals surface area contributed by atoms with Gasteiger partial charge in [-0.25, -0.2) is 0 Å². The molecule has 0 aromatic heterocycles. The molecule has 2 aromatic carbocycles. The van der Waals surface area contributed by atoms with Crippen LogP contribution in [0.3, 0.4) is 0 Å². The first-order valence-corrected chi connectivity index (χ1v) is 7.42. The molecular weight excluding hydrogens is 246 g/mol. The fourth-order valence-corrected chi connectivity index (χ4v) is 2.33. The van der Waals surface area contributed by atoms with Crippen LogP contribution in [0.4, 0.5) is 0 Å². The Balaban J connectivity index is 1.87. The largest absolute Gasteiger partial charge is 0.490 e. The zero-order valence-corrected chi connectivity index (χ0v) is 11.9. The number of hydrogen-bond donors (Lipinski definition) is 1. The van der Waals surface area contributed by atoms with Crippen molar-refractivity contribution in [1.29, 1.82) is 0 Å². The van der Waals surface area contributed by atoms with E-state index in [0.717, 1.165) is 18.8 Å². The third kappa shape index (κ3) is 3.20. The highest BCUT2D eigenvalue weighted by molar-refractivity contribution is 5.68. The lowest BCUT2D eigenvalue weighted by Crippen LogP contribution is -2.12. The van der Waals surface area contributed by atoms with Gasteiger partial charge in [-0.2, -0.15) is 0 Å². The van der Waals surface area contributed by atoms with E-state index in [4.69, 9.17) is 4.74 Å². The Bertz CT molecular complexity index is 575. The first-order valence-electron chi connectivity index (χ1n) is 7.42. The van der Waals surface area contributed by atoms with Crippen LogP contribution in [0.25, 0.3) is 11.1 Å². The van der Waals surface area contributed by atoms with Crippen molar-refractivity contribution in [3.8, 4) is 16.9 Å². The summed E-state index contributed by atoms with van der Waals surface area (Å²) in [5.74, 6) is 0.989. The highest BCUT2D eigenvalue weighted by Gasteiger charge is 2.23. The summed E-state index contributed by atoms with van der Waals surface area (Å²) in [6, 6.07) is 17.0. The van der Waals surface area contributed by atoms with Crippen molar-refractivity contribution in [3.63, 3.8) is 0 Å². The molecule has 2 heteroatoms. The summed E-state index contributed by atoms with van der Waals surface area (Å²) in [6.45, 7) is 4.02. The van der Waals surface area contributed by atoms with Gasteiger partial charge in [0.2, 0.25) is 0 Å². The lowest BCUT2D eigenvalue weighted by Gasteiger charge is -2.12. The van der Waals surface area contributed by atoms with Crippen molar-refractivity contribution < 1.29 is 4.74 Å². The van der Waals surface area contributed by atoms with Crippen LogP contribution in [0.2, 0.25) is 0 Å². The minimum absolute atomic E-state index is 0.447. The Kier molecular flexibility index (Phi) is 4.03. The number of rotatable bonds is 6. The fourth-order valence-electron chi connectivity index (χ4n) is 2.33. The van der Waals surface area contributed by atoms with E-state index in [1.165, 1.54) is 29.5 Å². The van der Waals surface area contributed by atoms with Crippen molar-refractivity contribution in [2.24, 2.45) is 0 Å². The summed E-state index contributed by atoms with van der Waals surface area (Å²) in [6.07, 6.45) is 2.84. The maximum Gasteiger partial charge on any atom is 0.120 e. The van der Waals surface area contributed by atoms with E-state index in [2.05, 4.69) is 60.8 Å². The first kappa shape index (κ1) is 13.2. The Morgan fingerprint density at radius 2 is 1.95 bits per heavy atom. The van der Waals surface area contributed by atoms with Crippen molar-refractivity contribution in [3.05, 3.63) is 54.1 Å². The standard InChI is InChI=1S/C18H21NO/c1-2-19-13-15-6-3-4-9-18(15)14-7-5-8-17(12-14)20-16-10-11-16/h3-9,12,16,19H,2,10-11,13H2,1H3. The van der Waals surface area contributed by atoms with Gasteiger partial charge in [-0.3, -0.25) is 0 Å². The Hall–Kier alpha value is -1.80. The van der Waals surface area contributed by atoms with Gasteiger partial charge in [0.05, 0.1) is 6.10 Å². The second-order valence-corrected chi connectivity index (χ2v) is 5.28. The fraction of sp³-hybridized carbons (Fsp3) is 0.333. The second kappa shape index (κ2) is 6.10. The van der Waals surface area contributed by atoms with Crippen molar-refractivity contribution in [2.75, 3.05) is 6.54 Å². The minimum Gasteiger partial charge on any atom is -0.490 e. The van der Waals surface area contributed by atoms with E-state index in [0.29, 0.717) is 6.10 Å². The Morgan fingerprint density at radius 1 is 1.10 bits per heavy atom. The molecule has 3 rings (SSSR count). The first-order chi connectivity index (χ1) is 9.86. The summed E-state index contributed by atoms with van der Waals surface area (Å²) >= 11 is 0. The van der Waals surface area contributed by atoms with Gasteiger partial charge in [-0.1, -0.05) is 43.3 Å². The molecule has 0 amide bonds. The average molecular weight is 267 g/mol. The van der Waals surface area contributed by atoms with Gasteiger partial charge in [0.15, 0.2) is 0 Å². The second-order valence-electron chi connectivity index (χ2n) is 5.28. The van der Waals surface area contributed by atoms with Crippen LogP contribution < -0.4 is 10.1 Å². The third-order valence-electron chi connectivity index (χ3n) is 3.55. The van der Waals surface area contributed by atoms with Gasteiger partial charge in [0.25, 0.3) is 0 Å². The lowest BCUT2D eigenvalue weighted by molar-refractivity contribution is 0.303. The zero-order valence-electron chi connectivity index (χ0n) is 11.9. The molecule has 0 heterocycles. The van der Waals surface area contributed by atoms with E-state index < -0.39 is 0 Å². The van der Waals surface area contributed by atoms with E-state index in [9.17, 15) is 0 Å². The van der Waals surface area contributed by atoms with E-state index >= 15 is 0 Å². The maximum atomic E-state index is 5.89. The molecule has 0 bridgehead atoms. The van der Waals surface area contributed by atoms with Gasteiger partial charge >= 0.3 is 0 Å². The van der Waals surface area contributed by atoms with Crippen LogP contribution in [0.15, 0.2) is 48.5 Å². The van der Waals surface area contributed by atoms with Crippen molar-refractivity contribution >= 4 is 0 Å². The Labute approximate surface area is 120 Å². The molecule has 0 aliphatic heterocycles. The molecule has 104 valence electrons. The van der Waals surface area contributed by atoms with Crippen LogP contribution in [-0.4, -0.2) is 12.6 Å². The smallest absolute Gasteiger partial charge is 0.120 e. The van der Waals surface area contributed by atoms with Gasteiger partial charge < -0.3 is 10.1 Å². The molecule has 0 saturated heterocycles. The SMILES string of the molecule is CCNCc1ccccc1-c1cccc(OC2CC2)c1. The summed E-state index contributed by atoms with van der Waals surface area (Å²) in [4.78, 5) is 0. The minimum atomic E-state index is 0.447. The van der Waals surface area contributed by atoms with E-state index in [1.54, 1.807) is 0 Å². The summed E-state index contributed by atoms with van der Waals surface area (Å²) in [7, 11) is 0. The topological polar surface area (TPSA) is 21.3 Å². The summed E-state index contributed by atoms with van der Waals surface area (Å²) in [5.41, 5.74) is 3.85. The number of ether oxygens (including phenoxy) is 1. The third-order valence-corrected chi connectivity index (χ3v) is 3.55. The molecule has 1 N–H and O–H groups in total. The number of nitrogens with one attached hydrogen (secondary N) is 1. The quantitative estimate of drug-likeness (QED) is 0.854. The van der Waals surface area contributed by atoms with Crippen molar-refractivity contribution in [2.45, 2.75) is 32.4 Å². The highest BCUT2D eigenvalue weighted by Crippen LogP contribution is 2.31. The molecule has 20 heavy (non-hydrogen) atoms. The van der Waals surface area contributed by atoms with Crippen LogP contribution in [0.1, 0.15) is 25.3 Å². The van der Waals surface area contributed by atoms with Crippen molar-refractivity contribution in [1.82, 2.24) is 5.32 Å². The van der Waals surface area contributed by atoms with Crippen LogP contribution in [-0.2, 0) is 6.54 Å². The van der Waals surface area contributed by atoms with E-state index in [-0.39, 0.29) is 0 Å². The summed E-state index contributed by atoms with van der Waals surface area (Å²) < 4.78 is 5.89. The highest BCUT2D eigenvalue weighted by atomic mass is 16.5. The predicted octanol–water partition coefficient (Wildman–Crippen LogP) is 4.00. The number of benzene rings is 2.